The highest BCUT2D eigenvalue weighted by molar-refractivity contribution is 6.90. The van der Waals surface area contributed by atoms with Gasteiger partial charge in [-0.15, -0.1) is 5.54 Å². The van der Waals surface area contributed by atoms with Gasteiger partial charge in [0.05, 0.1) is 19.7 Å². The van der Waals surface area contributed by atoms with E-state index in [-0.39, 0.29) is 0 Å². The van der Waals surface area contributed by atoms with Gasteiger partial charge < -0.3 is 19.5 Å². The molecule has 0 aliphatic rings. The summed E-state index contributed by atoms with van der Waals surface area (Å²) in [7, 11) is 2.65. The Morgan fingerprint density at radius 2 is 1.52 bits per heavy atom. The molecule has 2 heterocycles. The number of benzene rings is 1. The minimum Gasteiger partial charge on any atom is -0.496 e. The van der Waals surface area contributed by atoms with Crippen LogP contribution in [0.4, 0.5) is 10.6 Å². The van der Waals surface area contributed by atoms with Crippen LogP contribution < -0.4 is 14.8 Å². The van der Waals surface area contributed by atoms with E-state index in [9.17, 15) is 9.59 Å². The fourth-order valence-corrected chi connectivity index (χ4v) is 11.3. The number of aromatic nitrogens is 2. The summed E-state index contributed by atoms with van der Waals surface area (Å²) in [4.78, 5) is 36.9. The van der Waals surface area contributed by atoms with Crippen molar-refractivity contribution in [1.82, 2.24) is 14.9 Å². The summed E-state index contributed by atoms with van der Waals surface area (Å²) >= 11 is 0. The SMILES string of the molecule is COc1ccc2c(-c3cc(C#C[Si](C(C)C)(C(C)C)C(C)C)nc(NC(=O)C(C)N(C)C(=O)OC(C)(C)C)c3)c(OC)ccc2n1. The average Bonchev–Trinajstić information content (AvgIpc) is 2.98. The van der Waals surface area contributed by atoms with Gasteiger partial charge in [-0.2, -0.15) is 0 Å². The van der Waals surface area contributed by atoms with Crippen LogP contribution >= 0.6 is 0 Å². The zero-order valence-corrected chi connectivity index (χ0v) is 30.7. The van der Waals surface area contributed by atoms with Gasteiger partial charge in [-0.3, -0.25) is 9.69 Å². The number of fused-ring (bicyclic) bond motifs is 1. The molecule has 1 aromatic carbocycles. The lowest BCUT2D eigenvalue weighted by molar-refractivity contribution is -0.120. The number of carbonyl (C=O) groups is 2. The maximum Gasteiger partial charge on any atom is 0.410 e. The molecule has 3 rings (SSSR count). The molecule has 248 valence electrons. The van der Waals surface area contributed by atoms with Crippen molar-refractivity contribution in [3.05, 3.63) is 42.1 Å². The van der Waals surface area contributed by atoms with Crippen molar-refractivity contribution in [2.75, 3.05) is 26.6 Å². The number of pyridine rings is 2. The number of nitrogens with zero attached hydrogens (tertiary/aromatic N) is 3. The van der Waals surface area contributed by atoms with Gasteiger partial charge in [-0.05, 0) is 80.2 Å². The quantitative estimate of drug-likeness (QED) is 0.185. The largest absolute Gasteiger partial charge is 0.496 e. The van der Waals surface area contributed by atoms with Crippen molar-refractivity contribution in [2.45, 2.75) is 97.5 Å². The molecule has 0 bridgehead atoms. The minimum atomic E-state index is -2.09. The Morgan fingerprint density at radius 1 is 0.891 bits per heavy atom. The molecular formula is C36H50N4O5Si. The van der Waals surface area contributed by atoms with Gasteiger partial charge in [0.2, 0.25) is 11.8 Å². The molecule has 0 aliphatic carbocycles. The third-order valence-corrected chi connectivity index (χ3v) is 14.8. The fraction of sp³-hybridized carbons (Fsp3) is 0.500. The molecule has 9 nitrogen and oxygen atoms in total. The van der Waals surface area contributed by atoms with Crippen LogP contribution in [0.5, 0.6) is 11.6 Å². The first-order valence-electron chi connectivity index (χ1n) is 15.8. The van der Waals surface area contributed by atoms with Crippen LogP contribution in [0.25, 0.3) is 22.0 Å². The van der Waals surface area contributed by atoms with Crippen LogP contribution in [0.2, 0.25) is 16.6 Å². The van der Waals surface area contributed by atoms with E-state index in [4.69, 9.17) is 19.2 Å². The number of amides is 2. The summed E-state index contributed by atoms with van der Waals surface area (Å²) in [6, 6.07) is 10.4. The van der Waals surface area contributed by atoms with E-state index in [1.807, 2.05) is 24.3 Å². The Bertz CT molecular complexity index is 1610. The van der Waals surface area contributed by atoms with E-state index in [0.29, 0.717) is 39.8 Å². The number of carbonyl (C=O) groups excluding carboxylic acids is 2. The minimum absolute atomic E-state index is 0.308. The Labute approximate surface area is 275 Å². The molecule has 1 N–H and O–H groups in total. The van der Waals surface area contributed by atoms with Gasteiger partial charge in [0.25, 0.3) is 0 Å². The summed E-state index contributed by atoms with van der Waals surface area (Å²) in [5.41, 5.74) is 7.16. The third-order valence-electron chi connectivity index (χ3n) is 8.52. The van der Waals surface area contributed by atoms with E-state index >= 15 is 0 Å². The van der Waals surface area contributed by atoms with Crippen LogP contribution in [-0.4, -0.2) is 67.9 Å². The Morgan fingerprint density at radius 3 is 2.07 bits per heavy atom. The lowest BCUT2D eigenvalue weighted by atomic mass is 9.99. The van der Waals surface area contributed by atoms with Gasteiger partial charge in [0.15, 0.2) is 0 Å². The first-order chi connectivity index (χ1) is 21.4. The fourth-order valence-electron chi connectivity index (χ4n) is 6.05. The Balaban J connectivity index is 2.22. The molecule has 3 aromatic rings. The molecule has 0 fully saturated rings. The maximum atomic E-state index is 13.5. The number of ether oxygens (including phenoxy) is 3. The third kappa shape index (κ3) is 7.99. The highest BCUT2D eigenvalue weighted by Crippen LogP contribution is 2.41. The lowest BCUT2D eigenvalue weighted by Gasteiger charge is -2.38. The van der Waals surface area contributed by atoms with E-state index in [1.54, 1.807) is 54.0 Å². The number of likely N-dealkylation sites (N-methyl/N-ethyl adjacent to an activating group) is 1. The number of anilines is 1. The molecule has 1 unspecified atom stereocenters. The summed E-state index contributed by atoms with van der Waals surface area (Å²) in [6.07, 6.45) is -0.593. The van der Waals surface area contributed by atoms with Gasteiger partial charge in [-0.1, -0.05) is 47.5 Å². The Kier molecular flexibility index (Phi) is 11.5. The molecule has 0 saturated carbocycles. The first-order valence-corrected chi connectivity index (χ1v) is 18.0. The predicted octanol–water partition coefficient (Wildman–Crippen LogP) is 8.08. The van der Waals surface area contributed by atoms with Crippen molar-refractivity contribution in [3.8, 4) is 34.2 Å². The highest BCUT2D eigenvalue weighted by atomic mass is 28.3. The summed E-state index contributed by atoms with van der Waals surface area (Å²) in [5, 5.41) is 3.77. The lowest BCUT2D eigenvalue weighted by Crippen LogP contribution is -2.45. The zero-order chi connectivity index (χ0) is 34.6. The summed E-state index contributed by atoms with van der Waals surface area (Å²) < 4.78 is 16.6. The van der Waals surface area contributed by atoms with Gasteiger partial charge in [0, 0.05) is 24.1 Å². The molecule has 46 heavy (non-hydrogen) atoms. The molecule has 0 aliphatic heterocycles. The first kappa shape index (κ1) is 36.4. The number of nitrogens with one attached hydrogen (secondary N) is 1. The zero-order valence-electron chi connectivity index (χ0n) is 29.7. The second kappa shape index (κ2) is 14.5. The van der Waals surface area contributed by atoms with Crippen LogP contribution in [0, 0.1) is 11.5 Å². The second-order valence-electron chi connectivity index (χ2n) is 13.6. The van der Waals surface area contributed by atoms with E-state index in [2.05, 4.69) is 63.3 Å². The number of hydrogen-bond donors (Lipinski definition) is 1. The number of rotatable bonds is 9. The van der Waals surface area contributed by atoms with Crippen molar-refractivity contribution >= 4 is 36.8 Å². The summed E-state index contributed by atoms with van der Waals surface area (Å²) in [5.74, 6) is 4.47. The van der Waals surface area contributed by atoms with Gasteiger partial charge in [0.1, 0.15) is 37.0 Å². The van der Waals surface area contributed by atoms with Crippen LogP contribution in [0.15, 0.2) is 36.4 Å². The maximum absolute atomic E-state index is 13.5. The molecule has 2 amide bonds. The molecule has 1 atom stereocenters. The smallest absolute Gasteiger partial charge is 0.410 e. The topological polar surface area (TPSA) is 103 Å². The predicted molar refractivity (Wildman–Crippen MR) is 188 cm³/mol. The van der Waals surface area contributed by atoms with Gasteiger partial charge >= 0.3 is 6.09 Å². The van der Waals surface area contributed by atoms with E-state index < -0.39 is 31.7 Å². The molecule has 0 saturated heterocycles. The standard InChI is InChI=1S/C36H50N4O5Si/c1-22(2)46(23(3)4,24(5)6)19-18-27-20-26(33-28-14-17-32(44-13)38-29(28)15-16-30(33)43-12)21-31(37-27)39-34(41)25(7)40(11)35(42)45-36(8,9)10/h14-17,20-25H,1-13H3,(H,37,39,41). The second-order valence-corrected chi connectivity index (χ2v) is 19.2. The molecule has 0 radical (unpaired) electrons. The van der Waals surface area contributed by atoms with Crippen molar-refractivity contribution in [2.24, 2.45) is 0 Å². The highest BCUT2D eigenvalue weighted by Gasteiger charge is 2.41. The van der Waals surface area contributed by atoms with E-state index in [0.717, 1.165) is 22.0 Å². The van der Waals surface area contributed by atoms with Crippen molar-refractivity contribution < 1.29 is 23.8 Å². The van der Waals surface area contributed by atoms with Crippen molar-refractivity contribution in [3.63, 3.8) is 0 Å². The molecule has 0 spiro atoms. The van der Waals surface area contributed by atoms with Crippen molar-refractivity contribution in [1.29, 1.82) is 0 Å². The molecular weight excluding hydrogens is 597 g/mol. The number of methoxy groups -OCH3 is 2. The number of hydrogen-bond acceptors (Lipinski definition) is 7. The van der Waals surface area contributed by atoms with Crippen LogP contribution in [-0.2, 0) is 9.53 Å². The van der Waals surface area contributed by atoms with Gasteiger partial charge in [-0.25, -0.2) is 14.8 Å². The normalized spacial score (nSPS) is 12.5. The van der Waals surface area contributed by atoms with Crippen LogP contribution in [0.3, 0.4) is 0 Å². The average molecular weight is 647 g/mol. The monoisotopic (exact) mass is 646 g/mol. The van der Waals surface area contributed by atoms with Crippen LogP contribution in [0.1, 0.15) is 74.9 Å². The molecule has 10 heteroatoms. The Hall–Kier alpha value is -4.10. The summed E-state index contributed by atoms with van der Waals surface area (Å²) in [6.45, 7) is 20.6. The molecule has 2 aromatic heterocycles. The van der Waals surface area contributed by atoms with E-state index in [1.165, 1.54) is 11.9 Å².